The molecule has 25 heavy (non-hydrogen) atoms. The van der Waals surface area contributed by atoms with Gasteiger partial charge < -0.3 is 10.4 Å². The van der Waals surface area contributed by atoms with Crippen LogP contribution in [-0.4, -0.2) is 17.6 Å². The predicted molar refractivity (Wildman–Crippen MR) is 99.2 cm³/mol. The summed E-state index contributed by atoms with van der Waals surface area (Å²) in [7, 11) is 0. The summed E-state index contributed by atoms with van der Waals surface area (Å²) in [5.41, 5.74) is 2.15. The fraction of sp³-hybridized carbons (Fsp3) is 0.227. The van der Waals surface area contributed by atoms with Crippen molar-refractivity contribution in [1.29, 1.82) is 0 Å². The van der Waals surface area contributed by atoms with Gasteiger partial charge in [-0.15, -0.1) is 0 Å². The lowest BCUT2D eigenvalue weighted by molar-refractivity contribution is -0.123. The molecule has 0 radical (unpaired) electrons. The van der Waals surface area contributed by atoms with E-state index in [0.717, 1.165) is 22.8 Å². The normalized spacial score (nSPS) is 20.2. The molecule has 3 atom stereocenters. The first-order valence-electron chi connectivity index (χ1n) is 8.71. The summed E-state index contributed by atoms with van der Waals surface area (Å²) >= 11 is 0. The summed E-state index contributed by atoms with van der Waals surface area (Å²) < 4.78 is 0. The highest BCUT2D eigenvalue weighted by Crippen LogP contribution is 2.47. The fourth-order valence-corrected chi connectivity index (χ4v) is 3.49. The van der Waals surface area contributed by atoms with Gasteiger partial charge in [0.1, 0.15) is 0 Å². The van der Waals surface area contributed by atoms with Gasteiger partial charge >= 0.3 is 0 Å². The summed E-state index contributed by atoms with van der Waals surface area (Å²) in [6.45, 7) is -0.104. The molecular weight excluding hydrogens is 310 g/mol. The van der Waals surface area contributed by atoms with E-state index in [9.17, 15) is 9.90 Å². The van der Waals surface area contributed by atoms with Gasteiger partial charge in [-0.1, -0.05) is 66.7 Å². The highest BCUT2D eigenvalue weighted by Gasteiger charge is 2.44. The molecule has 0 aliphatic heterocycles. The summed E-state index contributed by atoms with van der Waals surface area (Å²) in [5, 5.41) is 15.1. The average molecular weight is 331 g/mol. The quantitative estimate of drug-likeness (QED) is 0.747. The summed E-state index contributed by atoms with van der Waals surface area (Å²) in [5.74, 6) is 0.343. The first kappa shape index (κ1) is 15.9. The molecule has 0 heterocycles. The van der Waals surface area contributed by atoms with Crippen molar-refractivity contribution in [3.8, 4) is 0 Å². The van der Waals surface area contributed by atoms with E-state index in [1.165, 1.54) is 5.56 Å². The van der Waals surface area contributed by atoms with Crippen LogP contribution in [0.5, 0.6) is 0 Å². The fourth-order valence-electron chi connectivity index (χ4n) is 3.49. The van der Waals surface area contributed by atoms with Crippen LogP contribution in [0.1, 0.15) is 29.5 Å². The van der Waals surface area contributed by atoms with E-state index in [-0.39, 0.29) is 24.5 Å². The largest absolute Gasteiger partial charge is 0.394 e. The third-order valence-corrected chi connectivity index (χ3v) is 5.03. The number of amides is 1. The summed E-state index contributed by atoms with van der Waals surface area (Å²) in [6, 6.07) is 23.9. The van der Waals surface area contributed by atoms with Crippen LogP contribution < -0.4 is 5.32 Å². The molecule has 0 spiro atoms. The van der Waals surface area contributed by atoms with Gasteiger partial charge in [-0.25, -0.2) is 0 Å². The van der Waals surface area contributed by atoms with Gasteiger partial charge in [-0.3, -0.25) is 4.79 Å². The molecule has 0 unspecified atom stereocenters. The molecule has 3 heteroatoms. The Balaban J connectivity index is 1.47. The number of hydrogen-bond donors (Lipinski definition) is 2. The summed E-state index contributed by atoms with van der Waals surface area (Å²) in [6.07, 6.45) is 0.881. The van der Waals surface area contributed by atoms with Gasteiger partial charge in [0, 0.05) is 5.92 Å². The van der Waals surface area contributed by atoms with Crippen LogP contribution in [0.25, 0.3) is 10.8 Å². The van der Waals surface area contributed by atoms with E-state index < -0.39 is 0 Å². The number of rotatable bonds is 5. The molecule has 3 aromatic carbocycles. The second kappa shape index (κ2) is 6.69. The van der Waals surface area contributed by atoms with Crippen molar-refractivity contribution in [1.82, 2.24) is 5.32 Å². The van der Waals surface area contributed by atoms with Crippen LogP contribution in [0.2, 0.25) is 0 Å². The molecule has 4 rings (SSSR count). The van der Waals surface area contributed by atoms with Gasteiger partial charge in [-0.2, -0.15) is 0 Å². The Hall–Kier alpha value is -2.65. The second-order valence-corrected chi connectivity index (χ2v) is 6.71. The first-order chi connectivity index (χ1) is 12.3. The summed E-state index contributed by atoms with van der Waals surface area (Å²) in [4.78, 5) is 12.6. The molecule has 3 nitrogen and oxygen atoms in total. The van der Waals surface area contributed by atoms with Crippen molar-refractivity contribution in [2.24, 2.45) is 5.92 Å². The molecule has 0 saturated heterocycles. The number of aliphatic hydroxyl groups is 1. The molecule has 2 N–H and O–H groups in total. The number of aliphatic hydroxyl groups excluding tert-OH is 1. The number of nitrogens with one attached hydrogen (secondary N) is 1. The number of benzene rings is 3. The van der Waals surface area contributed by atoms with Crippen molar-refractivity contribution in [3.05, 3.63) is 83.9 Å². The molecule has 1 aliphatic rings. The van der Waals surface area contributed by atoms with Crippen LogP contribution >= 0.6 is 0 Å². The third-order valence-electron chi connectivity index (χ3n) is 5.03. The van der Waals surface area contributed by atoms with E-state index in [1.54, 1.807) is 0 Å². The Morgan fingerprint density at radius 3 is 2.48 bits per heavy atom. The van der Waals surface area contributed by atoms with Gasteiger partial charge in [0.05, 0.1) is 12.6 Å². The van der Waals surface area contributed by atoms with Gasteiger partial charge in [0.25, 0.3) is 0 Å². The lowest BCUT2D eigenvalue weighted by Crippen LogP contribution is -2.32. The highest BCUT2D eigenvalue weighted by atomic mass is 16.3. The van der Waals surface area contributed by atoms with Crippen LogP contribution in [-0.2, 0) is 4.79 Å². The maximum absolute atomic E-state index is 12.6. The maximum atomic E-state index is 12.6. The van der Waals surface area contributed by atoms with E-state index >= 15 is 0 Å². The van der Waals surface area contributed by atoms with Gasteiger partial charge in [-0.05, 0) is 40.3 Å². The zero-order valence-corrected chi connectivity index (χ0v) is 13.9. The minimum atomic E-state index is -0.367. The zero-order chi connectivity index (χ0) is 17.2. The highest BCUT2D eigenvalue weighted by molar-refractivity contribution is 5.85. The SMILES string of the molecule is O=C(N[C@@H](CO)c1ccc2ccccc2c1)[C@@H]1C[C@@H]1c1ccccc1. The molecule has 1 saturated carbocycles. The molecular formula is C22H21NO2. The zero-order valence-electron chi connectivity index (χ0n) is 13.9. The van der Waals surface area contributed by atoms with E-state index in [0.29, 0.717) is 5.92 Å². The Morgan fingerprint density at radius 2 is 1.72 bits per heavy atom. The first-order valence-corrected chi connectivity index (χ1v) is 8.71. The molecule has 1 aliphatic carbocycles. The smallest absolute Gasteiger partial charge is 0.224 e. The van der Waals surface area contributed by atoms with E-state index in [2.05, 4.69) is 23.5 Å². The van der Waals surface area contributed by atoms with Crippen molar-refractivity contribution in [3.63, 3.8) is 0 Å². The topological polar surface area (TPSA) is 49.3 Å². The minimum absolute atomic E-state index is 0.0110. The van der Waals surface area contributed by atoms with Gasteiger partial charge in [0.2, 0.25) is 5.91 Å². The number of hydrogen-bond acceptors (Lipinski definition) is 2. The molecule has 126 valence electrons. The standard InChI is InChI=1S/C22H21NO2/c24-14-21(18-11-10-15-6-4-5-9-17(15)12-18)23-22(25)20-13-19(20)16-7-2-1-3-8-16/h1-12,19-21,24H,13-14H2,(H,23,25)/t19-,20-,21+/m1/s1. The molecule has 3 aromatic rings. The Bertz CT molecular complexity index is 891. The van der Waals surface area contributed by atoms with Crippen LogP contribution in [0.15, 0.2) is 72.8 Å². The maximum Gasteiger partial charge on any atom is 0.224 e. The average Bonchev–Trinajstić information content (AvgIpc) is 3.47. The molecule has 0 bridgehead atoms. The second-order valence-electron chi connectivity index (χ2n) is 6.71. The molecule has 1 amide bonds. The number of fused-ring (bicyclic) bond motifs is 1. The lowest BCUT2D eigenvalue weighted by atomic mass is 10.0. The van der Waals surface area contributed by atoms with Crippen LogP contribution in [0.3, 0.4) is 0 Å². The Kier molecular flexibility index (Phi) is 4.24. The van der Waals surface area contributed by atoms with Crippen molar-refractivity contribution in [2.75, 3.05) is 6.61 Å². The van der Waals surface area contributed by atoms with E-state index in [1.807, 2.05) is 54.6 Å². The third kappa shape index (κ3) is 3.28. The lowest BCUT2D eigenvalue weighted by Gasteiger charge is -2.17. The monoisotopic (exact) mass is 331 g/mol. The Labute approximate surface area is 147 Å². The predicted octanol–water partition coefficient (Wildman–Crippen LogP) is 3.79. The van der Waals surface area contributed by atoms with Crippen molar-refractivity contribution >= 4 is 16.7 Å². The van der Waals surface area contributed by atoms with Crippen molar-refractivity contribution < 1.29 is 9.90 Å². The van der Waals surface area contributed by atoms with E-state index in [4.69, 9.17) is 0 Å². The van der Waals surface area contributed by atoms with Crippen molar-refractivity contribution in [2.45, 2.75) is 18.4 Å². The van der Waals surface area contributed by atoms with Crippen LogP contribution in [0, 0.1) is 5.92 Å². The van der Waals surface area contributed by atoms with Crippen LogP contribution in [0.4, 0.5) is 0 Å². The molecule has 1 fully saturated rings. The molecule has 0 aromatic heterocycles. The minimum Gasteiger partial charge on any atom is -0.394 e. The Morgan fingerprint density at radius 1 is 1.00 bits per heavy atom. The van der Waals surface area contributed by atoms with Gasteiger partial charge in [0.15, 0.2) is 0 Å². The number of carbonyl (C=O) groups excluding carboxylic acids is 1. The number of carbonyl (C=O) groups is 1.